The molecule has 0 saturated carbocycles. The lowest BCUT2D eigenvalue weighted by Gasteiger charge is -2.16. The first kappa shape index (κ1) is 11.3. The smallest absolute Gasteiger partial charge is 0.0595 e. The number of hydrogen-bond donors (Lipinski definition) is 0. The van der Waals surface area contributed by atoms with Crippen LogP contribution in [0.5, 0.6) is 0 Å². The average Bonchev–Trinajstić information content (AvgIpc) is 2.90. The van der Waals surface area contributed by atoms with E-state index >= 15 is 0 Å². The lowest BCUT2D eigenvalue weighted by Crippen LogP contribution is -2.16. The summed E-state index contributed by atoms with van der Waals surface area (Å²) >= 11 is 5.89. The van der Waals surface area contributed by atoms with E-state index in [2.05, 4.69) is 29.4 Å². The van der Waals surface area contributed by atoms with Crippen molar-refractivity contribution in [3.05, 3.63) is 65.2 Å². The summed E-state index contributed by atoms with van der Waals surface area (Å²) in [7, 11) is 0. The Kier molecular flexibility index (Phi) is 3.03. The zero-order valence-corrected chi connectivity index (χ0v) is 10.6. The molecule has 0 N–H and O–H groups in total. The molecule has 3 heteroatoms. The van der Waals surface area contributed by atoms with Crippen LogP contribution in [0, 0.1) is 0 Å². The van der Waals surface area contributed by atoms with Crippen LogP contribution in [0.3, 0.4) is 0 Å². The Hall–Kier alpha value is -1.80. The van der Waals surface area contributed by atoms with E-state index in [4.69, 9.17) is 11.6 Å². The first-order valence-electron chi connectivity index (χ1n) is 5.95. The van der Waals surface area contributed by atoms with E-state index in [-0.39, 0.29) is 0 Å². The topological polar surface area (TPSA) is 15.6 Å². The van der Waals surface area contributed by atoms with Gasteiger partial charge < -0.3 is 0 Å². The second-order valence-electron chi connectivity index (χ2n) is 4.34. The Balaban J connectivity index is 1.77. The van der Waals surface area contributed by atoms with Gasteiger partial charge in [0.05, 0.1) is 12.2 Å². The van der Waals surface area contributed by atoms with Gasteiger partial charge in [0.15, 0.2) is 0 Å². The second-order valence-corrected chi connectivity index (χ2v) is 4.78. The third-order valence-corrected chi connectivity index (χ3v) is 3.36. The maximum Gasteiger partial charge on any atom is 0.0595 e. The van der Waals surface area contributed by atoms with E-state index in [0.717, 1.165) is 17.3 Å². The van der Waals surface area contributed by atoms with Gasteiger partial charge in [0.2, 0.25) is 0 Å². The fourth-order valence-corrected chi connectivity index (χ4v) is 2.24. The molecule has 0 bridgehead atoms. The van der Waals surface area contributed by atoms with Gasteiger partial charge in [0.1, 0.15) is 0 Å². The third kappa shape index (κ3) is 2.24. The van der Waals surface area contributed by atoms with Crippen LogP contribution < -0.4 is 5.01 Å². The predicted octanol–water partition coefficient (Wildman–Crippen LogP) is 3.93. The van der Waals surface area contributed by atoms with Crippen molar-refractivity contribution in [1.29, 1.82) is 0 Å². The van der Waals surface area contributed by atoms with E-state index in [9.17, 15) is 0 Å². The lowest BCUT2D eigenvalue weighted by molar-refractivity contribution is 0.853. The van der Waals surface area contributed by atoms with Gasteiger partial charge >= 0.3 is 0 Å². The van der Waals surface area contributed by atoms with Crippen LogP contribution in [0.15, 0.2) is 59.7 Å². The van der Waals surface area contributed by atoms with Crippen molar-refractivity contribution in [3.63, 3.8) is 0 Å². The monoisotopic (exact) mass is 256 g/mol. The molecule has 0 fully saturated rings. The molecule has 1 unspecified atom stereocenters. The van der Waals surface area contributed by atoms with Crippen molar-refractivity contribution in [2.75, 3.05) is 11.6 Å². The van der Waals surface area contributed by atoms with Crippen molar-refractivity contribution < 1.29 is 0 Å². The summed E-state index contributed by atoms with van der Waals surface area (Å²) in [5, 5.41) is 7.22. The highest BCUT2D eigenvalue weighted by molar-refractivity contribution is 6.30. The molecule has 1 aliphatic rings. The van der Waals surface area contributed by atoms with Crippen molar-refractivity contribution >= 4 is 23.5 Å². The zero-order chi connectivity index (χ0) is 12.4. The Labute approximate surface area is 112 Å². The predicted molar refractivity (Wildman–Crippen MR) is 76.5 cm³/mol. The van der Waals surface area contributed by atoms with Gasteiger partial charge in [0.25, 0.3) is 0 Å². The van der Waals surface area contributed by atoms with Crippen molar-refractivity contribution in [2.45, 2.75) is 5.92 Å². The molecule has 0 spiro atoms. The van der Waals surface area contributed by atoms with Crippen LogP contribution in [0.2, 0.25) is 5.02 Å². The molecule has 0 radical (unpaired) electrons. The Bertz CT molecular complexity index is 548. The van der Waals surface area contributed by atoms with Gasteiger partial charge in [-0.3, -0.25) is 5.01 Å². The summed E-state index contributed by atoms with van der Waals surface area (Å²) in [5.74, 6) is 0.363. The maximum absolute atomic E-state index is 5.89. The summed E-state index contributed by atoms with van der Waals surface area (Å²) in [6.07, 6.45) is 2.00. The molecule has 1 atom stereocenters. The minimum Gasteiger partial charge on any atom is -0.265 e. The van der Waals surface area contributed by atoms with Gasteiger partial charge in [0, 0.05) is 17.2 Å². The molecule has 90 valence electrons. The molecule has 1 heterocycles. The van der Waals surface area contributed by atoms with Crippen LogP contribution in [-0.4, -0.2) is 12.8 Å². The van der Waals surface area contributed by atoms with Crippen molar-refractivity contribution in [2.24, 2.45) is 5.10 Å². The molecule has 0 aliphatic carbocycles. The summed E-state index contributed by atoms with van der Waals surface area (Å²) in [6, 6.07) is 18.2. The molecule has 2 aromatic carbocycles. The summed E-state index contributed by atoms with van der Waals surface area (Å²) < 4.78 is 0. The van der Waals surface area contributed by atoms with Gasteiger partial charge in [-0.25, -0.2) is 0 Å². The number of hydrogen-bond acceptors (Lipinski definition) is 2. The summed E-state index contributed by atoms with van der Waals surface area (Å²) in [6.45, 7) is 0.881. The Morgan fingerprint density at radius 3 is 2.44 bits per heavy atom. The first-order chi connectivity index (χ1) is 8.83. The lowest BCUT2D eigenvalue weighted by atomic mass is 10.0. The number of rotatable bonds is 2. The summed E-state index contributed by atoms with van der Waals surface area (Å²) in [4.78, 5) is 0. The minimum atomic E-state index is 0.363. The van der Waals surface area contributed by atoms with Crippen LogP contribution in [0.1, 0.15) is 11.5 Å². The normalized spacial score (nSPS) is 18.3. The highest BCUT2D eigenvalue weighted by Crippen LogP contribution is 2.26. The van der Waals surface area contributed by atoms with Gasteiger partial charge in [-0.2, -0.15) is 5.10 Å². The molecular weight excluding hydrogens is 244 g/mol. The van der Waals surface area contributed by atoms with E-state index in [1.54, 1.807) is 0 Å². The Morgan fingerprint density at radius 2 is 1.72 bits per heavy atom. The number of nitrogens with zero attached hydrogens (tertiary/aromatic N) is 2. The van der Waals surface area contributed by atoms with Crippen molar-refractivity contribution in [1.82, 2.24) is 0 Å². The SMILES string of the molecule is Clc1ccc(N2CC(c3ccccc3)C=N2)cc1. The standard InChI is InChI=1S/C15H13ClN2/c16-14-6-8-15(9-7-14)18-11-13(10-17-18)12-4-2-1-3-5-12/h1-10,13H,11H2. The Morgan fingerprint density at radius 1 is 1.00 bits per heavy atom. The maximum atomic E-state index is 5.89. The molecule has 2 nitrogen and oxygen atoms in total. The molecule has 18 heavy (non-hydrogen) atoms. The molecule has 0 saturated heterocycles. The van der Waals surface area contributed by atoms with Crippen LogP contribution >= 0.6 is 11.6 Å². The van der Waals surface area contributed by atoms with Gasteiger partial charge in [-0.1, -0.05) is 41.9 Å². The number of benzene rings is 2. The fourth-order valence-electron chi connectivity index (χ4n) is 2.12. The van der Waals surface area contributed by atoms with Crippen molar-refractivity contribution in [3.8, 4) is 0 Å². The highest BCUT2D eigenvalue weighted by Gasteiger charge is 2.19. The molecule has 0 aromatic heterocycles. The molecular formula is C15H13ClN2. The number of hydrazone groups is 1. The van der Waals surface area contributed by atoms with Crippen LogP contribution in [0.25, 0.3) is 0 Å². The highest BCUT2D eigenvalue weighted by atomic mass is 35.5. The van der Waals surface area contributed by atoms with E-state index in [0.29, 0.717) is 5.92 Å². The first-order valence-corrected chi connectivity index (χ1v) is 6.33. The average molecular weight is 257 g/mol. The number of anilines is 1. The minimum absolute atomic E-state index is 0.363. The largest absolute Gasteiger partial charge is 0.265 e. The van der Waals surface area contributed by atoms with Crippen LogP contribution in [0.4, 0.5) is 5.69 Å². The quantitative estimate of drug-likeness (QED) is 0.795. The number of halogens is 1. The van der Waals surface area contributed by atoms with Gasteiger partial charge in [-0.05, 0) is 29.8 Å². The van der Waals surface area contributed by atoms with Gasteiger partial charge in [-0.15, -0.1) is 0 Å². The molecule has 3 rings (SSSR count). The molecule has 2 aromatic rings. The second kappa shape index (κ2) is 4.83. The fraction of sp³-hybridized carbons (Fsp3) is 0.133. The summed E-state index contributed by atoms with van der Waals surface area (Å²) in [5.41, 5.74) is 2.38. The molecule has 1 aliphatic heterocycles. The zero-order valence-electron chi connectivity index (χ0n) is 9.83. The molecule has 0 amide bonds. The van der Waals surface area contributed by atoms with E-state index in [1.165, 1.54) is 5.56 Å². The third-order valence-electron chi connectivity index (χ3n) is 3.11. The van der Waals surface area contributed by atoms with E-state index in [1.807, 2.05) is 41.6 Å². The van der Waals surface area contributed by atoms with E-state index < -0.39 is 0 Å². The van der Waals surface area contributed by atoms with Crippen LogP contribution in [-0.2, 0) is 0 Å².